The summed E-state index contributed by atoms with van der Waals surface area (Å²) in [6.07, 6.45) is 2.08. The molecule has 0 aliphatic carbocycles. The monoisotopic (exact) mass is 153 g/mol. The minimum absolute atomic E-state index is 0.0926. The molecule has 0 aromatic heterocycles. The zero-order valence-electron chi connectivity index (χ0n) is 5.60. The lowest BCUT2D eigenvalue weighted by molar-refractivity contribution is 0.0815. The third-order valence-electron chi connectivity index (χ3n) is 1.67. The Morgan fingerprint density at radius 3 is 3.18 bits per heavy atom. The van der Waals surface area contributed by atoms with Crippen molar-refractivity contribution < 1.29 is 5.11 Å². The van der Waals surface area contributed by atoms with Crippen LogP contribution in [-0.4, -0.2) is 35.5 Å². The number of nitrogens with one attached hydrogen (secondary N) is 1. The molecule has 58 valence electrons. The summed E-state index contributed by atoms with van der Waals surface area (Å²) in [4.78, 5) is 11.3. The number of aliphatic hydroxyl groups is 1. The van der Waals surface area contributed by atoms with Crippen LogP contribution in [0.4, 0.5) is 0 Å². The van der Waals surface area contributed by atoms with Gasteiger partial charge in [-0.1, -0.05) is 0 Å². The largest absolute Gasteiger partial charge is 0.383 e. The van der Waals surface area contributed by atoms with Gasteiger partial charge in [0, 0.05) is 0 Å². The van der Waals surface area contributed by atoms with Gasteiger partial charge in [-0.05, 0) is 0 Å². The molecule has 2 unspecified atom stereocenters. The molecule has 0 spiro atoms. The van der Waals surface area contributed by atoms with E-state index in [2.05, 4.69) is 20.3 Å². The Morgan fingerprint density at radius 1 is 1.64 bits per heavy atom. The highest BCUT2D eigenvalue weighted by molar-refractivity contribution is 5.98. The van der Waals surface area contributed by atoms with Gasteiger partial charge in [0.05, 0.1) is 6.34 Å². The Hall–Kier alpha value is -1.43. The van der Waals surface area contributed by atoms with E-state index in [0.29, 0.717) is 0 Å². The van der Waals surface area contributed by atoms with Crippen molar-refractivity contribution in [3.63, 3.8) is 0 Å². The molecule has 0 saturated carbocycles. The van der Waals surface area contributed by atoms with Crippen molar-refractivity contribution in [3.05, 3.63) is 0 Å². The van der Waals surface area contributed by atoms with Gasteiger partial charge in [0.25, 0.3) is 0 Å². The first-order chi connectivity index (χ1) is 5.23. The van der Waals surface area contributed by atoms with E-state index < -0.39 is 11.9 Å². The molecule has 0 radical (unpaired) electrons. The molecule has 0 bridgehead atoms. The predicted molar refractivity (Wildman–Crippen MR) is 40.5 cm³/mol. The quantitative estimate of drug-likeness (QED) is 0.376. The van der Waals surface area contributed by atoms with Crippen LogP contribution in [0, 0.1) is 0 Å². The highest BCUT2D eigenvalue weighted by atomic mass is 16.3. The number of rotatable bonds is 0. The molecule has 0 aromatic rings. The zero-order valence-corrected chi connectivity index (χ0v) is 5.60. The van der Waals surface area contributed by atoms with Gasteiger partial charge in [-0.2, -0.15) is 0 Å². The summed E-state index contributed by atoms with van der Waals surface area (Å²) >= 11 is 0. The SMILES string of the molecule is NC1=NC=NC2N=CNC12O. The maximum atomic E-state index is 9.67. The van der Waals surface area contributed by atoms with E-state index in [9.17, 15) is 5.11 Å². The summed E-state index contributed by atoms with van der Waals surface area (Å²) in [6.45, 7) is 0. The number of nitrogens with zero attached hydrogens (tertiary/aromatic N) is 3. The number of aliphatic imine (C=N–C) groups is 3. The maximum absolute atomic E-state index is 9.67. The van der Waals surface area contributed by atoms with E-state index in [4.69, 9.17) is 5.73 Å². The lowest BCUT2D eigenvalue weighted by Gasteiger charge is -2.27. The zero-order chi connectivity index (χ0) is 7.90. The van der Waals surface area contributed by atoms with Crippen LogP contribution in [0.15, 0.2) is 15.0 Å². The number of amidine groups is 1. The van der Waals surface area contributed by atoms with Gasteiger partial charge in [-0.3, -0.25) is 0 Å². The van der Waals surface area contributed by atoms with Crippen molar-refractivity contribution >= 4 is 18.5 Å². The van der Waals surface area contributed by atoms with Gasteiger partial charge < -0.3 is 16.2 Å². The van der Waals surface area contributed by atoms with Gasteiger partial charge >= 0.3 is 0 Å². The van der Waals surface area contributed by atoms with Crippen molar-refractivity contribution in [2.24, 2.45) is 20.7 Å². The van der Waals surface area contributed by atoms with Crippen LogP contribution in [0.1, 0.15) is 0 Å². The van der Waals surface area contributed by atoms with Gasteiger partial charge in [0.15, 0.2) is 12.0 Å². The van der Waals surface area contributed by atoms with E-state index in [1.807, 2.05) is 0 Å². The summed E-state index contributed by atoms with van der Waals surface area (Å²) in [5.74, 6) is 0.0926. The molecule has 0 amide bonds. The highest BCUT2D eigenvalue weighted by Gasteiger charge is 2.44. The minimum Gasteiger partial charge on any atom is -0.383 e. The van der Waals surface area contributed by atoms with Gasteiger partial charge in [-0.25, -0.2) is 15.0 Å². The van der Waals surface area contributed by atoms with Crippen molar-refractivity contribution in [1.82, 2.24) is 5.32 Å². The fraction of sp³-hybridized carbons (Fsp3) is 0.400. The maximum Gasteiger partial charge on any atom is 0.239 e. The highest BCUT2D eigenvalue weighted by Crippen LogP contribution is 2.18. The summed E-state index contributed by atoms with van der Waals surface area (Å²) in [5.41, 5.74) is 4.03. The molecule has 4 N–H and O–H groups in total. The standard InChI is InChI=1S/C5H7N5O/c6-3-5(11)4(8-1-7-3)9-2-10-5/h1-2,4,11H,(H,9,10)(H2,6,7,8). The van der Waals surface area contributed by atoms with E-state index in [0.717, 1.165) is 0 Å². The van der Waals surface area contributed by atoms with E-state index in [-0.39, 0.29) is 5.84 Å². The van der Waals surface area contributed by atoms with Crippen LogP contribution in [-0.2, 0) is 0 Å². The van der Waals surface area contributed by atoms with Gasteiger partial charge in [0.1, 0.15) is 6.34 Å². The van der Waals surface area contributed by atoms with Crippen molar-refractivity contribution in [2.75, 3.05) is 0 Å². The summed E-state index contributed by atoms with van der Waals surface area (Å²) in [5, 5.41) is 12.3. The number of fused-ring (bicyclic) bond motifs is 1. The minimum atomic E-state index is -1.39. The van der Waals surface area contributed by atoms with Crippen LogP contribution in [0.5, 0.6) is 0 Å². The molecular formula is C5H7N5O. The summed E-state index contributed by atoms with van der Waals surface area (Å²) in [6, 6.07) is 0. The van der Waals surface area contributed by atoms with Gasteiger partial charge in [-0.15, -0.1) is 0 Å². The molecule has 6 heteroatoms. The molecule has 2 aliphatic rings. The smallest absolute Gasteiger partial charge is 0.239 e. The molecule has 2 aliphatic heterocycles. The number of hydrogen-bond acceptors (Lipinski definition) is 6. The average Bonchev–Trinajstić information content (AvgIpc) is 2.34. The number of hydrogen-bond donors (Lipinski definition) is 3. The lowest BCUT2D eigenvalue weighted by Crippen LogP contribution is -2.59. The third kappa shape index (κ3) is 0.666. The summed E-state index contributed by atoms with van der Waals surface area (Å²) in [7, 11) is 0. The first-order valence-electron chi connectivity index (χ1n) is 3.10. The molecule has 0 aromatic carbocycles. The second-order valence-corrected chi connectivity index (χ2v) is 2.34. The van der Waals surface area contributed by atoms with Crippen molar-refractivity contribution in [3.8, 4) is 0 Å². The Morgan fingerprint density at radius 2 is 2.45 bits per heavy atom. The predicted octanol–water partition coefficient (Wildman–Crippen LogP) is -1.97. The fourth-order valence-electron chi connectivity index (χ4n) is 0.998. The molecule has 0 saturated heterocycles. The Kier molecular flexibility index (Phi) is 1.02. The normalized spacial score (nSPS) is 39.7. The average molecular weight is 153 g/mol. The molecule has 2 rings (SSSR count). The van der Waals surface area contributed by atoms with E-state index in [1.54, 1.807) is 0 Å². The number of nitrogens with two attached hydrogens (primary N) is 1. The first kappa shape index (κ1) is 6.29. The van der Waals surface area contributed by atoms with E-state index >= 15 is 0 Å². The molecule has 6 nitrogen and oxygen atoms in total. The van der Waals surface area contributed by atoms with Crippen LogP contribution >= 0.6 is 0 Å². The van der Waals surface area contributed by atoms with E-state index in [1.165, 1.54) is 12.7 Å². The van der Waals surface area contributed by atoms with Crippen LogP contribution in [0.3, 0.4) is 0 Å². The topological polar surface area (TPSA) is 95.4 Å². The fourth-order valence-corrected chi connectivity index (χ4v) is 0.998. The molecule has 0 fully saturated rings. The molecule has 2 heterocycles. The van der Waals surface area contributed by atoms with Crippen molar-refractivity contribution in [1.29, 1.82) is 0 Å². The third-order valence-corrected chi connectivity index (χ3v) is 1.67. The second-order valence-electron chi connectivity index (χ2n) is 2.34. The Labute approximate surface area is 62.6 Å². The Bertz CT molecular complexity index is 270. The van der Waals surface area contributed by atoms with Crippen molar-refractivity contribution in [2.45, 2.75) is 11.9 Å². The lowest BCUT2D eigenvalue weighted by atomic mass is 10.1. The molecule has 2 atom stereocenters. The molecule has 11 heavy (non-hydrogen) atoms. The van der Waals surface area contributed by atoms with Crippen LogP contribution < -0.4 is 11.1 Å². The Balaban J connectivity index is 2.41. The molecular weight excluding hydrogens is 146 g/mol. The van der Waals surface area contributed by atoms with Gasteiger partial charge in [0.2, 0.25) is 5.72 Å². The summed E-state index contributed by atoms with van der Waals surface area (Å²) < 4.78 is 0. The second kappa shape index (κ2) is 1.79. The first-order valence-corrected chi connectivity index (χ1v) is 3.10. The van der Waals surface area contributed by atoms with Crippen LogP contribution in [0.2, 0.25) is 0 Å². The van der Waals surface area contributed by atoms with Crippen LogP contribution in [0.25, 0.3) is 0 Å².